The molecule has 0 aliphatic carbocycles. The van der Waals surface area contributed by atoms with Crippen LogP contribution in [0, 0.1) is 0 Å². The lowest BCUT2D eigenvalue weighted by molar-refractivity contribution is -0.167. The van der Waals surface area contributed by atoms with Gasteiger partial charge in [-0.05, 0) is 44.9 Å². The van der Waals surface area contributed by atoms with Crippen LogP contribution in [0.3, 0.4) is 0 Å². The molecule has 0 radical (unpaired) electrons. The number of rotatable bonds is 63. The van der Waals surface area contributed by atoms with Crippen LogP contribution in [0.5, 0.6) is 0 Å². The number of allylic oxidation sites excluding steroid dienone is 2. The summed E-state index contributed by atoms with van der Waals surface area (Å²) in [6.45, 7) is 6.72. The molecule has 0 bridgehead atoms. The van der Waals surface area contributed by atoms with Gasteiger partial charge in [-0.2, -0.15) is 0 Å². The number of carbonyl (C=O) groups excluding carboxylic acids is 3. The second kappa shape index (κ2) is 63.7. The summed E-state index contributed by atoms with van der Waals surface area (Å²) in [5.74, 6) is -0.832. The van der Waals surface area contributed by atoms with Gasteiger partial charge in [-0.1, -0.05) is 335 Å². The van der Waals surface area contributed by atoms with Crippen LogP contribution < -0.4 is 0 Å². The SMILES string of the molecule is CCCCCCCC/C=C\CCCCCCCCCCCC(=O)OC(COC(=O)CCCCCCCCCCCCCCCCC)COC(=O)CCCCCCCCCCCCCCCCCCCCCCCC. The number of hydrogen-bond acceptors (Lipinski definition) is 6. The van der Waals surface area contributed by atoms with Gasteiger partial charge in [-0.25, -0.2) is 0 Å². The lowest BCUT2D eigenvalue weighted by Gasteiger charge is -2.18. The molecule has 0 saturated heterocycles. The fourth-order valence-electron chi connectivity index (χ4n) is 10.4. The summed E-state index contributed by atoms with van der Waals surface area (Å²) in [6.07, 6.45) is 75.1. The first-order valence-corrected chi connectivity index (χ1v) is 33.7. The normalized spacial score (nSPS) is 12.0. The van der Waals surface area contributed by atoms with Crippen LogP contribution in [0.25, 0.3) is 0 Å². The van der Waals surface area contributed by atoms with Gasteiger partial charge < -0.3 is 14.2 Å². The van der Waals surface area contributed by atoms with Crippen molar-refractivity contribution >= 4 is 17.9 Å². The van der Waals surface area contributed by atoms with Crippen LogP contribution in [0.15, 0.2) is 12.2 Å². The van der Waals surface area contributed by atoms with E-state index in [0.29, 0.717) is 19.3 Å². The minimum absolute atomic E-state index is 0.0639. The highest BCUT2D eigenvalue weighted by atomic mass is 16.6. The molecule has 0 fully saturated rings. The van der Waals surface area contributed by atoms with Crippen molar-refractivity contribution in [2.24, 2.45) is 0 Å². The van der Waals surface area contributed by atoms with E-state index in [4.69, 9.17) is 14.2 Å². The molecule has 0 aromatic heterocycles. The Morgan fingerprint density at radius 2 is 0.446 bits per heavy atom. The molecule has 6 heteroatoms. The molecule has 0 amide bonds. The number of esters is 3. The lowest BCUT2D eigenvalue weighted by Crippen LogP contribution is -2.30. The summed E-state index contributed by atoms with van der Waals surface area (Å²) in [7, 11) is 0. The highest BCUT2D eigenvalue weighted by Gasteiger charge is 2.19. The Bertz CT molecular complexity index is 1150. The maximum atomic E-state index is 12.9. The van der Waals surface area contributed by atoms with Crippen LogP contribution in [0.2, 0.25) is 0 Å². The number of hydrogen-bond donors (Lipinski definition) is 0. The van der Waals surface area contributed by atoms with Crippen molar-refractivity contribution in [1.29, 1.82) is 0 Å². The van der Waals surface area contributed by atoms with Gasteiger partial charge in [0.15, 0.2) is 6.10 Å². The molecule has 0 aliphatic heterocycles. The third kappa shape index (κ3) is 61.0. The van der Waals surface area contributed by atoms with E-state index in [-0.39, 0.29) is 31.1 Å². The molecule has 0 N–H and O–H groups in total. The minimum atomic E-state index is -0.767. The smallest absolute Gasteiger partial charge is 0.306 e. The first-order valence-electron chi connectivity index (χ1n) is 33.7. The van der Waals surface area contributed by atoms with Crippen molar-refractivity contribution < 1.29 is 28.6 Å². The van der Waals surface area contributed by atoms with Gasteiger partial charge in [0.25, 0.3) is 0 Å². The van der Waals surface area contributed by atoms with Crippen molar-refractivity contribution in [3.8, 4) is 0 Å². The number of ether oxygens (including phenoxy) is 3. The zero-order valence-corrected chi connectivity index (χ0v) is 50.4. The largest absolute Gasteiger partial charge is 0.462 e. The third-order valence-electron chi connectivity index (χ3n) is 15.5. The molecule has 74 heavy (non-hydrogen) atoms. The summed E-state index contributed by atoms with van der Waals surface area (Å²) in [6, 6.07) is 0. The van der Waals surface area contributed by atoms with Crippen molar-refractivity contribution in [1.82, 2.24) is 0 Å². The van der Waals surface area contributed by atoms with Crippen molar-refractivity contribution in [3.63, 3.8) is 0 Å². The third-order valence-corrected chi connectivity index (χ3v) is 15.5. The van der Waals surface area contributed by atoms with Crippen LogP contribution >= 0.6 is 0 Å². The average Bonchev–Trinajstić information content (AvgIpc) is 3.40. The molecule has 6 nitrogen and oxygen atoms in total. The summed E-state index contributed by atoms with van der Waals surface area (Å²) in [4.78, 5) is 38.4. The van der Waals surface area contributed by atoms with Crippen molar-refractivity contribution in [3.05, 3.63) is 12.2 Å². The highest BCUT2D eigenvalue weighted by Crippen LogP contribution is 2.19. The molecule has 1 atom stereocenters. The Hall–Kier alpha value is -1.85. The fraction of sp³-hybridized carbons (Fsp3) is 0.926. The van der Waals surface area contributed by atoms with E-state index in [1.807, 2.05) is 0 Å². The Morgan fingerprint density at radius 1 is 0.257 bits per heavy atom. The molecule has 0 heterocycles. The fourth-order valence-corrected chi connectivity index (χ4v) is 10.4. The number of unbranched alkanes of at least 4 members (excludes halogenated alkanes) is 50. The molecule has 0 rings (SSSR count). The topological polar surface area (TPSA) is 78.9 Å². The Morgan fingerprint density at radius 3 is 0.676 bits per heavy atom. The monoisotopic (exact) mass is 1040 g/mol. The maximum absolute atomic E-state index is 12.9. The molecule has 0 aromatic carbocycles. The van der Waals surface area contributed by atoms with E-state index in [0.717, 1.165) is 57.8 Å². The quantitative estimate of drug-likeness (QED) is 0.0261. The van der Waals surface area contributed by atoms with Crippen molar-refractivity contribution in [2.45, 2.75) is 393 Å². The van der Waals surface area contributed by atoms with Crippen LogP contribution in [-0.4, -0.2) is 37.2 Å². The zero-order chi connectivity index (χ0) is 53.6. The van der Waals surface area contributed by atoms with E-state index in [1.54, 1.807) is 0 Å². The van der Waals surface area contributed by atoms with E-state index in [9.17, 15) is 14.4 Å². The standard InChI is InChI=1S/C68H130O6/c1-4-7-10-13-16-19-22-25-28-30-32-33-34-36-37-40-43-46-49-52-55-58-61-67(70)73-64-65(63-72-66(69)60-57-54-51-48-45-42-39-27-24-21-18-15-12-9-6-3)74-68(71)62-59-56-53-50-47-44-41-38-35-31-29-26-23-20-17-14-11-8-5-2/h26,29,65H,4-25,27-28,30-64H2,1-3H3/b29-26-. The van der Waals surface area contributed by atoms with Crippen molar-refractivity contribution in [2.75, 3.05) is 13.2 Å². The molecular weight excluding hydrogens is 913 g/mol. The molecule has 0 aliphatic rings. The first-order chi connectivity index (χ1) is 36.5. The van der Waals surface area contributed by atoms with Gasteiger partial charge in [-0.3, -0.25) is 14.4 Å². The molecule has 1 unspecified atom stereocenters. The summed E-state index contributed by atoms with van der Waals surface area (Å²) >= 11 is 0. The molecule has 0 spiro atoms. The maximum Gasteiger partial charge on any atom is 0.306 e. The molecule has 0 aromatic rings. The highest BCUT2D eigenvalue weighted by molar-refractivity contribution is 5.71. The van der Waals surface area contributed by atoms with Crippen LogP contribution in [0.4, 0.5) is 0 Å². The van der Waals surface area contributed by atoms with E-state index < -0.39 is 6.10 Å². The summed E-state index contributed by atoms with van der Waals surface area (Å²) < 4.78 is 17.0. The van der Waals surface area contributed by atoms with Gasteiger partial charge in [0.1, 0.15) is 13.2 Å². The Labute approximate surface area is 462 Å². The predicted octanol–water partition coefficient (Wildman–Crippen LogP) is 22.8. The van der Waals surface area contributed by atoms with Crippen LogP contribution in [-0.2, 0) is 28.6 Å². The lowest BCUT2D eigenvalue weighted by atomic mass is 10.0. The van der Waals surface area contributed by atoms with Gasteiger partial charge in [0, 0.05) is 19.3 Å². The minimum Gasteiger partial charge on any atom is -0.462 e. The van der Waals surface area contributed by atoms with E-state index in [1.165, 1.54) is 289 Å². The number of carbonyl (C=O) groups is 3. The average molecular weight is 1040 g/mol. The van der Waals surface area contributed by atoms with Gasteiger partial charge in [0.2, 0.25) is 0 Å². The first kappa shape index (κ1) is 72.2. The molecular formula is C68H130O6. The summed E-state index contributed by atoms with van der Waals surface area (Å²) in [5.41, 5.74) is 0. The Balaban J connectivity index is 4.27. The molecule has 438 valence electrons. The van der Waals surface area contributed by atoms with Gasteiger partial charge in [0.05, 0.1) is 0 Å². The zero-order valence-electron chi connectivity index (χ0n) is 50.4. The Kier molecular flexibility index (Phi) is 62.1. The second-order valence-electron chi connectivity index (χ2n) is 23.1. The van der Waals surface area contributed by atoms with Crippen LogP contribution in [0.1, 0.15) is 387 Å². The van der Waals surface area contributed by atoms with Gasteiger partial charge in [-0.15, -0.1) is 0 Å². The van der Waals surface area contributed by atoms with E-state index in [2.05, 4.69) is 32.9 Å². The molecule has 0 saturated carbocycles. The predicted molar refractivity (Wildman–Crippen MR) is 321 cm³/mol. The van der Waals surface area contributed by atoms with E-state index >= 15 is 0 Å². The summed E-state index contributed by atoms with van der Waals surface area (Å²) in [5, 5.41) is 0. The van der Waals surface area contributed by atoms with Gasteiger partial charge >= 0.3 is 17.9 Å². The second-order valence-corrected chi connectivity index (χ2v) is 23.1.